The fourth-order valence-corrected chi connectivity index (χ4v) is 1.06. The molecule has 0 aromatic heterocycles. The van der Waals surface area contributed by atoms with Crippen LogP contribution in [-0.4, -0.2) is 22.2 Å². The first-order valence-corrected chi connectivity index (χ1v) is 4.50. The zero-order valence-electron chi connectivity index (χ0n) is 8.33. The SMILES string of the molecule is O=C(O)/C=C(\C=C\c1ccccc1)C(=O)O. The van der Waals surface area contributed by atoms with Crippen molar-refractivity contribution in [2.45, 2.75) is 0 Å². The maximum Gasteiger partial charge on any atom is 0.335 e. The molecule has 0 aliphatic carbocycles. The van der Waals surface area contributed by atoms with Crippen molar-refractivity contribution in [3.63, 3.8) is 0 Å². The molecule has 0 heterocycles. The van der Waals surface area contributed by atoms with Crippen LogP contribution in [0.25, 0.3) is 6.08 Å². The Morgan fingerprint density at radius 3 is 2.19 bits per heavy atom. The number of hydrogen-bond donors (Lipinski definition) is 2. The normalized spacial score (nSPS) is 11.6. The van der Waals surface area contributed by atoms with Gasteiger partial charge in [0, 0.05) is 6.08 Å². The lowest BCUT2D eigenvalue weighted by molar-refractivity contribution is -0.134. The van der Waals surface area contributed by atoms with Gasteiger partial charge in [-0.15, -0.1) is 0 Å². The van der Waals surface area contributed by atoms with E-state index >= 15 is 0 Å². The monoisotopic (exact) mass is 218 g/mol. The summed E-state index contributed by atoms with van der Waals surface area (Å²) in [4.78, 5) is 21.0. The van der Waals surface area contributed by atoms with E-state index in [0.29, 0.717) is 6.08 Å². The Morgan fingerprint density at radius 1 is 1.06 bits per heavy atom. The van der Waals surface area contributed by atoms with E-state index in [1.807, 2.05) is 6.07 Å². The predicted octanol–water partition coefficient (Wildman–Crippen LogP) is 1.80. The summed E-state index contributed by atoms with van der Waals surface area (Å²) in [6.07, 6.45) is 3.45. The van der Waals surface area contributed by atoms with E-state index < -0.39 is 11.9 Å². The van der Waals surface area contributed by atoms with Gasteiger partial charge in [0.2, 0.25) is 0 Å². The van der Waals surface area contributed by atoms with E-state index in [2.05, 4.69) is 0 Å². The van der Waals surface area contributed by atoms with Crippen LogP contribution in [0.3, 0.4) is 0 Å². The van der Waals surface area contributed by atoms with E-state index in [1.54, 1.807) is 30.3 Å². The molecule has 4 nitrogen and oxygen atoms in total. The van der Waals surface area contributed by atoms with Gasteiger partial charge in [0.15, 0.2) is 0 Å². The molecular formula is C12H10O4. The molecule has 1 aromatic rings. The van der Waals surface area contributed by atoms with Crippen LogP contribution < -0.4 is 0 Å². The van der Waals surface area contributed by atoms with E-state index in [9.17, 15) is 9.59 Å². The van der Waals surface area contributed by atoms with E-state index in [1.165, 1.54) is 6.08 Å². The van der Waals surface area contributed by atoms with Crippen molar-refractivity contribution in [1.29, 1.82) is 0 Å². The van der Waals surface area contributed by atoms with Crippen LogP contribution in [0.2, 0.25) is 0 Å². The third kappa shape index (κ3) is 3.79. The molecule has 4 heteroatoms. The number of carboxylic acids is 2. The zero-order valence-corrected chi connectivity index (χ0v) is 8.33. The van der Waals surface area contributed by atoms with Gasteiger partial charge in [0.05, 0.1) is 5.57 Å². The standard InChI is InChI=1S/C12H10O4/c13-11(14)8-10(12(15)16)7-6-9-4-2-1-3-5-9/h1-8H,(H,13,14)(H,15,16)/b7-6+,10-8+. The number of benzene rings is 1. The van der Waals surface area contributed by atoms with Crippen molar-refractivity contribution >= 4 is 18.0 Å². The molecule has 0 unspecified atom stereocenters. The Hall–Kier alpha value is -2.36. The lowest BCUT2D eigenvalue weighted by Gasteiger charge is -1.94. The highest BCUT2D eigenvalue weighted by Gasteiger charge is 2.04. The summed E-state index contributed by atoms with van der Waals surface area (Å²) in [6.45, 7) is 0. The van der Waals surface area contributed by atoms with Gasteiger partial charge in [-0.25, -0.2) is 9.59 Å². The van der Waals surface area contributed by atoms with Crippen LogP contribution in [0.4, 0.5) is 0 Å². The summed E-state index contributed by atoms with van der Waals surface area (Å²) in [5, 5.41) is 17.2. The van der Waals surface area contributed by atoms with Crippen LogP contribution in [0.5, 0.6) is 0 Å². The Bertz CT molecular complexity index is 443. The van der Waals surface area contributed by atoms with Crippen molar-refractivity contribution in [3.05, 3.63) is 53.6 Å². The minimum Gasteiger partial charge on any atom is -0.478 e. The molecule has 0 saturated carbocycles. The second-order valence-electron chi connectivity index (χ2n) is 2.99. The molecule has 0 spiro atoms. The van der Waals surface area contributed by atoms with Gasteiger partial charge in [-0.1, -0.05) is 36.4 Å². The van der Waals surface area contributed by atoms with Gasteiger partial charge in [-0.05, 0) is 11.6 Å². The van der Waals surface area contributed by atoms with E-state index in [0.717, 1.165) is 5.56 Å². The predicted molar refractivity (Wildman–Crippen MR) is 58.8 cm³/mol. The van der Waals surface area contributed by atoms with Crippen LogP contribution >= 0.6 is 0 Å². The molecule has 0 saturated heterocycles. The molecule has 0 aliphatic rings. The van der Waals surface area contributed by atoms with Crippen LogP contribution in [-0.2, 0) is 9.59 Å². The van der Waals surface area contributed by atoms with Gasteiger partial charge in [-0.2, -0.15) is 0 Å². The topological polar surface area (TPSA) is 74.6 Å². The Balaban J connectivity index is 2.89. The van der Waals surface area contributed by atoms with E-state index in [4.69, 9.17) is 10.2 Å². The highest BCUT2D eigenvalue weighted by atomic mass is 16.4. The first-order chi connectivity index (χ1) is 7.59. The molecule has 0 bridgehead atoms. The Kier molecular flexibility index (Phi) is 4.03. The molecule has 0 atom stereocenters. The molecule has 0 amide bonds. The maximum absolute atomic E-state index is 10.7. The minimum atomic E-state index is -1.28. The summed E-state index contributed by atoms with van der Waals surface area (Å²) in [5.41, 5.74) is 0.538. The number of hydrogen-bond acceptors (Lipinski definition) is 2. The van der Waals surface area contributed by atoms with Crippen LogP contribution in [0.1, 0.15) is 5.56 Å². The van der Waals surface area contributed by atoms with Crippen LogP contribution in [0, 0.1) is 0 Å². The molecule has 2 N–H and O–H groups in total. The third-order valence-corrected chi connectivity index (χ3v) is 1.78. The van der Waals surface area contributed by atoms with Crippen molar-refractivity contribution in [2.24, 2.45) is 0 Å². The van der Waals surface area contributed by atoms with Gasteiger partial charge in [0.1, 0.15) is 0 Å². The lowest BCUT2D eigenvalue weighted by Crippen LogP contribution is -2.01. The number of aliphatic carboxylic acids is 2. The molecule has 0 aliphatic heterocycles. The minimum absolute atomic E-state index is 0.267. The molecule has 0 radical (unpaired) electrons. The first-order valence-electron chi connectivity index (χ1n) is 4.50. The molecular weight excluding hydrogens is 208 g/mol. The van der Waals surface area contributed by atoms with Crippen LogP contribution in [0.15, 0.2) is 48.1 Å². The smallest absolute Gasteiger partial charge is 0.335 e. The summed E-state index contributed by atoms with van der Waals surface area (Å²) in [6, 6.07) is 9.03. The van der Waals surface area contributed by atoms with Gasteiger partial charge in [-0.3, -0.25) is 0 Å². The van der Waals surface area contributed by atoms with Crippen molar-refractivity contribution < 1.29 is 19.8 Å². The molecule has 0 fully saturated rings. The second kappa shape index (κ2) is 5.50. The molecule has 16 heavy (non-hydrogen) atoms. The first kappa shape index (κ1) is 11.7. The summed E-state index contributed by atoms with van der Waals surface area (Å²) in [7, 11) is 0. The van der Waals surface area contributed by atoms with Gasteiger partial charge >= 0.3 is 11.9 Å². The maximum atomic E-state index is 10.7. The molecule has 82 valence electrons. The largest absolute Gasteiger partial charge is 0.478 e. The second-order valence-corrected chi connectivity index (χ2v) is 2.99. The van der Waals surface area contributed by atoms with Crippen molar-refractivity contribution in [3.8, 4) is 0 Å². The fraction of sp³-hybridized carbons (Fsp3) is 0. The zero-order chi connectivity index (χ0) is 12.0. The lowest BCUT2D eigenvalue weighted by atomic mass is 10.1. The van der Waals surface area contributed by atoms with Gasteiger partial charge < -0.3 is 10.2 Å². The number of rotatable bonds is 4. The van der Waals surface area contributed by atoms with Crippen molar-refractivity contribution in [1.82, 2.24) is 0 Å². The molecule has 1 rings (SSSR count). The molecule has 1 aromatic carbocycles. The van der Waals surface area contributed by atoms with Gasteiger partial charge in [0.25, 0.3) is 0 Å². The summed E-state index contributed by atoms with van der Waals surface area (Å²) >= 11 is 0. The summed E-state index contributed by atoms with van der Waals surface area (Å²) < 4.78 is 0. The highest BCUT2D eigenvalue weighted by molar-refractivity contribution is 5.97. The van der Waals surface area contributed by atoms with E-state index in [-0.39, 0.29) is 5.57 Å². The fourth-order valence-electron chi connectivity index (χ4n) is 1.06. The average Bonchev–Trinajstić information content (AvgIpc) is 2.25. The Labute approximate surface area is 92.2 Å². The quantitative estimate of drug-likeness (QED) is 0.596. The average molecular weight is 218 g/mol. The Morgan fingerprint density at radius 2 is 1.69 bits per heavy atom. The third-order valence-electron chi connectivity index (χ3n) is 1.78. The summed E-state index contributed by atoms with van der Waals surface area (Å²) in [5.74, 6) is -2.55. The van der Waals surface area contributed by atoms with Crippen molar-refractivity contribution in [2.75, 3.05) is 0 Å². The number of carboxylic acid groups (broad SMARTS) is 2. The number of carbonyl (C=O) groups is 2. The highest BCUT2D eigenvalue weighted by Crippen LogP contribution is 2.05.